The fourth-order valence-electron chi connectivity index (χ4n) is 1.20. The zero-order valence-corrected chi connectivity index (χ0v) is 10.0. The van der Waals surface area contributed by atoms with Gasteiger partial charge in [-0.05, 0) is 13.8 Å². The van der Waals surface area contributed by atoms with Gasteiger partial charge in [0.15, 0.2) is 0 Å². The summed E-state index contributed by atoms with van der Waals surface area (Å²) in [7, 11) is 0. The summed E-state index contributed by atoms with van der Waals surface area (Å²) in [4.78, 5) is 21.1. The number of carbonyl (C=O) groups excluding carboxylic acids is 1. The van der Waals surface area contributed by atoms with Gasteiger partial charge in [-0.15, -0.1) is 0 Å². The third-order valence-corrected chi connectivity index (χ3v) is 2.07. The molecule has 0 heterocycles. The predicted octanol–water partition coefficient (Wildman–Crippen LogP) is 2.06. The quantitative estimate of drug-likeness (QED) is 0.503. The summed E-state index contributed by atoms with van der Waals surface area (Å²) < 4.78 is 4.62. The molecule has 1 aromatic carbocycles. The number of hydrogen-bond acceptors (Lipinski definition) is 5. The average molecular weight is 251 g/mol. The van der Waals surface area contributed by atoms with Gasteiger partial charge in [-0.1, -0.05) is 12.1 Å². The molecule has 0 radical (unpaired) electrons. The second-order valence-corrected chi connectivity index (χ2v) is 3.34. The Morgan fingerprint density at radius 1 is 1.56 bits per heavy atom. The molecule has 0 spiro atoms. The van der Waals surface area contributed by atoms with E-state index in [2.05, 4.69) is 15.3 Å². The van der Waals surface area contributed by atoms with Crippen LogP contribution in [0, 0.1) is 10.1 Å². The molecule has 0 saturated carbocycles. The Morgan fingerprint density at radius 3 is 2.89 bits per heavy atom. The Hall–Kier alpha value is -2.44. The number of non-ortho nitro benzene ring substituents is 1. The Balaban J connectivity index is 2.80. The van der Waals surface area contributed by atoms with Crippen LogP contribution in [0.15, 0.2) is 29.4 Å². The van der Waals surface area contributed by atoms with Gasteiger partial charge in [0.2, 0.25) is 0 Å². The maximum atomic E-state index is 11.0. The molecule has 0 atom stereocenters. The standard InChI is InChI=1S/C11H13N3O4/c1-3-18-11(15)13-12-8(2)9-5-4-6-10(7-9)14(16)17/h4-7H,3H2,1-2H3,(H,13,15)/b12-8+. The number of ether oxygens (including phenoxy) is 1. The number of rotatable bonds is 4. The van der Waals surface area contributed by atoms with Crippen molar-refractivity contribution in [1.82, 2.24) is 5.43 Å². The normalized spacial score (nSPS) is 10.9. The largest absolute Gasteiger partial charge is 0.449 e. The molecule has 0 unspecified atom stereocenters. The first-order chi connectivity index (χ1) is 8.54. The molecule has 1 amide bonds. The van der Waals surface area contributed by atoms with E-state index in [1.165, 1.54) is 12.1 Å². The Labute approximate surface area is 104 Å². The highest BCUT2D eigenvalue weighted by Crippen LogP contribution is 2.13. The van der Waals surface area contributed by atoms with Crippen molar-refractivity contribution in [2.45, 2.75) is 13.8 Å². The topological polar surface area (TPSA) is 93.8 Å². The number of nitrogens with zero attached hydrogens (tertiary/aromatic N) is 2. The fraction of sp³-hybridized carbons (Fsp3) is 0.273. The number of benzene rings is 1. The molecule has 0 bridgehead atoms. The van der Waals surface area contributed by atoms with Crippen molar-refractivity contribution in [2.24, 2.45) is 5.10 Å². The lowest BCUT2D eigenvalue weighted by Gasteiger charge is -2.02. The molecule has 0 aliphatic carbocycles. The lowest BCUT2D eigenvalue weighted by molar-refractivity contribution is -0.384. The minimum Gasteiger partial charge on any atom is -0.449 e. The third-order valence-electron chi connectivity index (χ3n) is 2.07. The Bertz CT molecular complexity index is 485. The number of carbonyl (C=O) groups is 1. The van der Waals surface area contributed by atoms with Gasteiger partial charge in [0.05, 0.1) is 17.2 Å². The summed E-state index contributed by atoms with van der Waals surface area (Å²) in [6.45, 7) is 3.55. The molecule has 18 heavy (non-hydrogen) atoms. The van der Waals surface area contributed by atoms with Crippen molar-refractivity contribution in [2.75, 3.05) is 6.61 Å². The first kappa shape index (κ1) is 13.6. The zero-order valence-electron chi connectivity index (χ0n) is 10.0. The van der Waals surface area contributed by atoms with Crippen LogP contribution >= 0.6 is 0 Å². The van der Waals surface area contributed by atoms with Gasteiger partial charge < -0.3 is 4.74 Å². The first-order valence-electron chi connectivity index (χ1n) is 5.26. The highest BCUT2D eigenvalue weighted by molar-refractivity contribution is 5.99. The number of nitro groups is 1. The van der Waals surface area contributed by atoms with E-state index in [9.17, 15) is 14.9 Å². The van der Waals surface area contributed by atoms with Crippen molar-refractivity contribution < 1.29 is 14.5 Å². The lowest BCUT2D eigenvalue weighted by atomic mass is 10.1. The van der Waals surface area contributed by atoms with Crippen LogP contribution in [0.3, 0.4) is 0 Å². The molecule has 0 fully saturated rings. The van der Waals surface area contributed by atoms with Gasteiger partial charge in [-0.25, -0.2) is 10.2 Å². The van der Waals surface area contributed by atoms with Crippen LogP contribution in [0.4, 0.5) is 10.5 Å². The van der Waals surface area contributed by atoms with Gasteiger partial charge >= 0.3 is 6.09 Å². The number of hydrazone groups is 1. The van der Waals surface area contributed by atoms with Gasteiger partial charge in [-0.2, -0.15) is 5.10 Å². The highest BCUT2D eigenvalue weighted by Gasteiger charge is 2.07. The first-order valence-corrected chi connectivity index (χ1v) is 5.26. The van der Waals surface area contributed by atoms with E-state index < -0.39 is 11.0 Å². The summed E-state index contributed by atoms with van der Waals surface area (Å²) in [5.74, 6) is 0. The molecule has 7 nitrogen and oxygen atoms in total. The van der Waals surface area contributed by atoms with Crippen molar-refractivity contribution in [3.63, 3.8) is 0 Å². The molecular weight excluding hydrogens is 238 g/mol. The SMILES string of the molecule is CCOC(=O)N/N=C(\C)c1cccc([N+](=O)[O-])c1. The van der Waals surface area contributed by atoms with E-state index in [0.29, 0.717) is 11.3 Å². The van der Waals surface area contributed by atoms with E-state index in [1.54, 1.807) is 26.0 Å². The number of nitrogens with one attached hydrogen (secondary N) is 1. The summed E-state index contributed by atoms with van der Waals surface area (Å²) in [6.07, 6.45) is -0.665. The van der Waals surface area contributed by atoms with Gasteiger partial charge in [-0.3, -0.25) is 10.1 Å². The summed E-state index contributed by atoms with van der Waals surface area (Å²) in [5.41, 5.74) is 3.17. The monoisotopic (exact) mass is 251 g/mol. The van der Waals surface area contributed by atoms with E-state index in [1.807, 2.05) is 0 Å². The van der Waals surface area contributed by atoms with Gasteiger partial charge in [0.1, 0.15) is 0 Å². The van der Waals surface area contributed by atoms with E-state index in [-0.39, 0.29) is 12.3 Å². The molecule has 0 saturated heterocycles. The van der Waals surface area contributed by atoms with Crippen LogP contribution in [0.1, 0.15) is 19.4 Å². The minimum atomic E-state index is -0.665. The second-order valence-electron chi connectivity index (χ2n) is 3.34. The van der Waals surface area contributed by atoms with E-state index in [0.717, 1.165) is 0 Å². The average Bonchev–Trinajstić information content (AvgIpc) is 2.36. The highest BCUT2D eigenvalue weighted by atomic mass is 16.6. The van der Waals surface area contributed by atoms with Gasteiger partial charge in [0.25, 0.3) is 5.69 Å². The zero-order chi connectivity index (χ0) is 13.5. The van der Waals surface area contributed by atoms with Crippen molar-refractivity contribution in [1.29, 1.82) is 0 Å². The fourth-order valence-corrected chi connectivity index (χ4v) is 1.20. The minimum absolute atomic E-state index is 0.0295. The molecule has 1 aromatic rings. The number of nitro benzene ring substituents is 1. The van der Waals surface area contributed by atoms with Crippen LogP contribution in [0.25, 0.3) is 0 Å². The molecule has 7 heteroatoms. The van der Waals surface area contributed by atoms with Crippen LogP contribution in [-0.4, -0.2) is 23.3 Å². The molecule has 1 N–H and O–H groups in total. The lowest BCUT2D eigenvalue weighted by Crippen LogP contribution is -2.20. The van der Waals surface area contributed by atoms with Crippen LogP contribution in [-0.2, 0) is 4.74 Å². The smallest absolute Gasteiger partial charge is 0.427 e. The van der Waals surface area contributed by atoms with Crippen molar-refractivity contribution >= 4 is 17.5 Å². The molecule has 0 aliphatic rings. The van der Waals surface area contributed by atoms with Crippen molar-refractivity contribution in [3.8, 4) is 0 Å². The Kier molecular flexibility index (Phi) is 4.79. The van der Waals surface area contributed by atoms with E-state index in [4.69, 9.17) is 0 Å². The molecule has 1 rings (SSSR count). The molecule has 96 valence electrons. The maximum absolute atomic E-state index is 11.0. The number of amides is 1. The molecule has 0 aliphatic heterocycles. The number of hydrogen-bond donors (Lipinski definition) is 1. The van der Waals surface area contributed by atoms with Crippen molar-refractivity contribution in [3.05, 3.63) is 39.9 Å². The third kappa shape index (κ3) is 3.85. The maximum Gasteiger partial charge on any atom is 0.427 e. The van der Waals surface area contributed by atoms with Crippen LogP contribution in [0.2, 0.25) is 0 Å². The Morgan fingerprint density at radius 2 is 2.28 bits per heavy atom. The van der Waals surface area contributed by atoms with Gasteiger partial charge in [0, 0.05) is 17.7 Å². The predicted molar refractivity (Wildman–Crippen MR) is 65.5 cm³/mol. The van der Waals surface area contributed by atoms with Crippen LogP contribution < -0.4 is 5.43 Å². The molecule has 0 aromatic heterocycles. The summed E-state index contributed by atoms with van der Waals surface area (Å²) in [6, 6.07) is 5.98. The summed E-state index contributed by atoms with van der Waals surface area (Å²) in [5, 5.41) is 14.4. The van der Waals surface area contributed by atoms with E-state index >= 15 is 0 Å². The summed E-state index contributed by atoms with van der Waals surface area (Å²) >= 11 is 0. The molecular formula is C11H13N3O4. The van der Waals surface area contributed by atoms with Crippen LogP contribution in [0.5, 0.6) is 0 Å². The second kappa shape index (κ2) is 6.33.